The summed E-state index contributed by atoms with van der Waals surface area (Å²) in [7, 11) is 0. The fourth-order valence-corrected chi connectivity index (χ4v) is 1.04. The molecule has 80 valence electrons. The standard InChI is InChI=1S/C9H8O6/c10-4-1-6(11)5(7(12)2-4)3-8(13)9(14)15/h1-2,10-12H,3H2,(H,14,15). The van der Waals surface area contributed by atoms with Crippen molar-refractivity contribution in [3.8, 4) is 17.2 Å². The van der Waals surface area contributed by atoms with Gasteiger partial charge in [0.05, 0.1) is 6.42 Å². The van der Waals surface area contributed by atoms with Crippen LogP contribution in [0.15, 0.2) is 12.1 Å². The van der Waals surface area contributed by atoms with Crippen molar-refractivity contribution in [3.63, 3.8) is 0 Å². The van der Waals surface area contributed by atoms with Crippen LogP contribution in [-0.4, -0.2) is 32.2 Å². The molecule has 4 N–H and O–H groups in total. The number of ketones is 1. The number of aromatic hydroxyl groups is 3. The lowest BCUT2D eigenvalue weighted by Gasteiger charge is -2.05. The molecule has 0 radical (unpaired) electrons. The smallest absolute Gasteiger partial charge is 0.372 e. The van der Waals surface area contributed by atoms with Crippen molar-refractivity contribution in [1.29, 1.82) is 0 Å². The molecule has 1 aromatic carbocycles. The van der Waals surface area contributed by atoms with Crippen LogP contribution in [0, 0.1) is 0 Å². The molecule has 0 aliphatic carbocycles. The average Bonchev–Trinajstić information content (AvgIpc) is 2.10. The Hall–Kier alpha value is -2.24. The molecule has 0 fully saturated rings. The van der Waals surface area contributed by atoms with Crippen molar-refractivity contribution in [2.45, 2.75) is 6.42 Å². The van der Waals surface area contributed by atoms with E-state index in [1.54, 1.807) is 0 Å². The van der Waals surface area contributed by atoms with Crippen LogP contribution >= 0.6 is 0 Å². The van der Waals surface area contributed by atoms with Gasteiger partial charge in [0.1, 0.15) is 17.2 Å². The number of rotatable bonds is 3. The summed E-state index contributed by atoms with van der Waals surface area (Å²) in [5, 5.41) is 35.7. The zero-order valence-electron chi connectivity index (χ0n) is 7.47. The van der Waals surface area contributed by atoms with Gasteiger partial charge in [-0.05, 0) is 0 Å². The van der Waals surface area contributed by atoms with Crippen LogP contribution in [0.5, 0.6) is 17.2 Å². The van der Waals surface area contributed by atoms with E-state index >= 15 is 0 Å². The number of phenolic OH excluding ortho intramolecular Hbond substituents is 3. The Morgan fingerprint density at radius 2 is 1.53 bits per heavy atom. The van der Waals surface area contributed by atoms with Gasteiger partial charge in [-0.2, -0.15) is 0 Å². The molecule has 0 bridgehead atoms. The van der Waals surface area contributed by atoms with Gasteiger partial charge < -0.3 is 20.4 Å². The monoisotopic (exact) mass is 212 g/mol. The summed E-state index contributed by atoms with van der Waals surface area (Å²) in [6, 6.07) is 1.81. The molecule has 0 saturated heterocycles. The second-order valence-electron chi connectivity index (χ2n) is 2.87. The summed E-state index contributed by atoms with van der Waals surface area (Å²) in [6.07, 6.45) is -0.632. The fourth-order valence-electron chi connectivity index (χ4n) is 1.04. The highest BCUT2D eigenvalue weighted by atomic mass is 16.4. The van der Waals surface area contributed by atoms with Gasteiger partial charge in [0, 0.05) is 17.7 Å². The molecule has 6 heteroatoms. The maximum atomic E-state index is 10.8. The molecule has 0 heterocycles. The third kappa shape index (κ3) is 2.37. The van der Waals surface area contributed by atoms with E-state index in [9.17, 15) is 19.8 Å². The number of hydrogen-bond acceptors (Lipinski definition) is 5. The maximum absolute atomic E-state index is 10.8. The number of phenols is 3. The van der Waals surface area contributed by atoms with Crippen LogP contribution in [-0.2, 0) is 16.0 Å². The van der Waals surface area contributed by atoms with Gasteiger partial charge in [-0.25, -0.2) is 4.79 Å². The minimum atomic E-state index is -1.65. The Kier molecular flexibility index (Phi) is 2.80. The van der Waals surface area contributed by atoms with E-state index in [0.717, 1.165) is 12.1 Å². The second kappa shape index (κ2) is 3.87. The maximum Gasteiger partial charge on any atom is 0.372 e. The topological polar surface area (TPSA) is 115 Å². The van der Waals surface area contributed by atoms with Crippen LogP contribution in [0.1, 0.15) is 5.56 Å². The van der Waals surface area contributed by atoms with Crippen molar-refractivity contribution in [2.75, 3.05) is 0 Å². The molecule has 0 spiro atoms. The number of benzene rings is 1. The number of aliphatic carboxylic acids is 1. The molecule has 0 unspecified atom stereocenters. The molecule has 1 rings (SSSR count). The van der Waals surface area contributed by atoms with Crippen molar-refractivity contribution in [2.24, 2.45) is 0 Å². The van der Waals surface area contributed by atoms with Gasteiger partial charge in [-0.15, -0.1) is 0 Å². The van der Waals surface area contributed by atoms with Crippen molar-refractivity contribution < 1.29 is 30.0 Å². The molecule has 6 nitrogen and oxygen atoms in total. The molecule has 0 aliphatic heterocycles. The van der Waals surface area contributed by atoms with Crippen LogP contribution in [0.4, 0.5) is 0 Å². The molecule has 0 atom stereocenters. The molecular weight excluding hydrogens is 204 g/mol. The molecule has 0 amide bonds. The average molecular weight is 212 g/mol. The number of hydrogen-bond donors (Lipinski definition) is 4. The number of carbonyl (C=O) groups excluding carboxylic acids is 1. The molecule has 1 aromatic rings. The minimum Gasteiger partial charge on any atom is -0.508 e. The lowest BCUT2D eigenvalue weighted by Crippen LogP contribution is -2.15. The van der Waals surface area contributed by atoms with Crippen LogP contribution in [0.3, 0.4) is 0 Å². The first-order valence-electron chi connectivity index (χ1n) is 3.91. The number of Topliss-reactive ketones (excluding diaryl/α,β-unsaturated/α-hetero) is 1. The number of carboxylic acid groups (broad SMARTS) is 1. The van der Waals surface area contributed by atoms with Gasteiger partial charge in [0.15, 0.2) is 0 Å². The van der Waals surface area contributed by atoms with Gasteiger partial charge in [-0.1, -0.05) is 0 Å². The predicted molar refractivity (Wildman–Crippen MR) is 47.8 cm³/mol. The first-order valence-corrected chi connectivity index (χ1v) is 3.91. The SMILES string of the molecule is O=C(O)C(=O)Cc1c(O)cc(O)cc1O. The quantitative estimate of drug-likeness (QED) is 0.524. The zero-order chi connectivity index (χ0) is 11.6. The summed E-state index contributed by atoms with van der Waals surface area (Å²) >= 11 is 0. The van der Waals surface area contributed by atoms with E-state index in [2.05, 4.69) is 0 Å². The normalized spacial score (nSPS) is 9.87. The fraction of sp³-hybridized carbons (Fsp3) is 0.111. The summed E-state index contributed by atoms with van der Waals surface area (Å²) in [5.74, 6) is -4.24. The molecular formula is C9H8O6. The summed E-state index contributed by atoms with van der Waals surface area (Å²) in [4.78, 5) is 21.0. The van der Waals surface area contributed by atoms with Crippen LogP contribution < -0.4 is 0 Å². The van der Waals surface area contributed by atoms with Crippen LogP contribution in [0.25, 0.3) is 0 Å². The first kappa shape index (κ1) is 10.8. The Morgan fingerprint density at radius 1 is 1.07 bits per heavy atom. The highest BCUT2D eigenvalue weighted by Gasteiger charge is 2.18. The predicted octanol–water partition coefficient (Wildman–Crippen LogP) is -0.000400. The molecule has 0 aliphatic rings. The third-order valence-electron chi connectivity index (χ3n) is 1.76. The highest BCUT2D eigenvalue weighted by molar-refractivity contribution is 6.33. The van der Waals surface area contributed by atoms with E-state index in [1.807, 2.05) is 0 Å². The van der Waals surface area contributed by atoms with Crippen LogP contribution in [0.2, 0.25) is 0 Å². The second-order valence-corrected chi connectivity index (χ2v) is 2.87. The zero-order valence-corrected chi connectivity index (χ0v) is 7.47. The van der Waals surface area contributed by atoms with E-state index < -0.39 is 29.7 Å². The van der Waals surface area contributed by atoms with Gasteiger partial charge in [0.2, 0.25) is 5.78 Å². The lowest BCUT2D eigenvalue weighted by atomic mass is 10.1. The molecule has 0 saturated carbocycles. The van der Waals surface area contributed by atoms with Gasteiger partial charge in [0.25, 0.3) is 0 Å². The number of carbonyl (C=O) groups is 2. The van der Waals surface area contributed by atoms with Gasteiger partial charge in [-0.3, -0.25) is 4.79 Å². The number of carboxylic acids is 1. The van der Waals surface area contributed by atoms with E-state index in [1.165, 1.54) is 0 Å². The van der Waals surface area contributed by atoms with Crippen molar-refractivity contribution in [3.05, 3.63) is 17.7 Å². The molecule has 15 heavy (non-hydrogen) atoms. The molecule has 0 aromatic heterocycles. The van der Waals surface area contributed by atoms with E-state index in [0.29, 0.717) is 0 Å². The summed E-state index contributed by atoms with van der Waals surface area (Å²) in [6.45, 7) is 0. The van der Waals surface area contributed by atoms with Crippen molar-refractivity contribution >= 4 is 11.8 Å². The Balaban J connectivity index is 3.05. The van der Waals surface area contributed by atoms with Gasteiger partial charge >= 0.3 is 5.97 Å². The minimum absolute atomic E-state index is 0.222. The Bertz CT molecular complexity index is 400. The Labute approximate surface area is 84.0 Å². The lowest BCUT2D eigenvalue weighted by molar-refractivity contribution is -0.148. The summed E-state index contributed by atoms with van der Waals surface area (Å²) in [5.41, 5.74) is -0.222. The van der Waals surface area contributed by atoms with Crippen molar-refractivity contribution in [1.82, 2.24) is 0 Å². The third-order valence-corrected chi connectivity index (χ3v) is 1.76. The van der Waals surface area contributed by atoms with E-state index in [4.69, 9.17) is 10.2 Å². The van der Waals surface area contributed by atoms with E-state index in [-0.39, 0.29) is 11.3 Å². The highest BCUT2D eigenvalue weighted by Crippen LogP contribution is 2.32. The first-order chi connectivity index (χ1) is 6.91. The summed E-state index contributed by atoms with van der Waals surface area (Å²) < 4.78 is 0. The largest absolute Gasteiger partial charge is 0.508 e. The Morgan fingerprint density at radius 3 is 1.93 bits per heavy atom.